The monoisotopic (exact) mass is 286 g/mol. The number of likely N-dealkylation sites (N-methyl/N-ethyl adjacent to an activating group) is 1. The zero-order chi connectivity index (χ0) is 15.8. The van der Waals surface area contributed by atoms with Crippen molar-refractivity contribution >= 4 is 11.9 Å². The van der Waals surface area contributed by atoms with Crippen LogP contribution in [-0.2, 0) is 9.59 Å². The highest BCUT2D eigenvalue weighted by Gasteiger charge is 2.36. The second-order valence-corrected chi connectivity index (χ2v) is 5.56. The predicted molar refractivity (Wildman–Crippen MR) is 80.7 cm³/mol. The standard InChI is InChI=1S/C15H30N2O3/c1-6-12(4)17(5)10-9-16-13(18)11-15(7-2,8-3)14(19)20/h12H,6-11H2,1-5H3,(H,16,18)(H,19,20). The Morgan fingerprint density at radius 2 is 1.80 bits per heavy atom. The van der Waals surface area contributed by atoms with Gasteiger partial charge in [0.25, 0.3) is 0 Å². The molecule has 0 aromatic carbocycles. The number of hydrogen-bond donors (Lipinski definition) is 2. The third-order valence-electron chi connectivity index (χ3n) is 4.44. The molecule has 0 fully saturated rings. The number of carboxylic acids is 1. The van der Waals surface area contributed by atoms with E-state index in [0.717, 1.165) is 13.0 Å². The maximum atomic E-state index is 11.9. The second-order valence-electron chi connectivity index (χ2n) is 5.56. The van der Waals surface area contributed by atoms with Gasteiger partial charge in [-0.15, -0.1) is 0 Å². The van der Waals surface area contributed by atoms with E-state index in [2.05, 4.69) is 24.1 Å². The summed E-state index contributed by atoms with van der Waals surface area (Å²) in [4.78, 5) is 25.4. The van der Waals surface area contributed by atoms with Crippen LogP contribution >= 0.6 is 0 Å². The van der Waals surface area contributed by atoms with Crippen LogP contribution in [0.4, 0.5) is 0 Å². The van der Waals surface area contributed by atoms with Crippen molar-refractivity contribution in [2.45, 2.75) is 59.4 Å². The highest BCUT2D eigenvalue weighted by atomic mass is 16.4. The molecule has 0 aromatic rings. The summed E-state index contributed by atoms with van der Waals surface area (Å²) >= 11 is 0. The average Bonchev–Trinajstić information content (AvgIpc) is 2.43. The Kier molecular flexibility index (Phi) is 8.46. The minimum atomic E-state index is -0.924. The molecular weight excluding hydrogens is 256 g/mol. The first-order valence-corrected chi connectivity index (χ1v) is 7.53. The summed E-state index contributed by atoms with van der Waals surface area (Å²) in [5, 5.41) is 12.1. The molecule has 0 saturated carbocycles. The van der Waals surface area contributed by atoms with Gasteiger partial charge in [-0.2, -0.15) is 0 Å². The van der Waals surface area contributed by atoms with Crippen LogP contribution < -0.4 is 5.32 Å². The Hall–Kier alpha value is -1.10. The van der Waals surface area contributed by atoms with Gasteiger partial charge in [0.15, 0.2) is 0 Å². The first kappa shape index (κ1) is 18.9. The molecule has 1 atom stereocenters. The van der Waals surface area contributed by atoms with Crippen molar-refractivity contribution in [3.63, 3.8) is 0 Å². The van der Waals surface area contributed by atoms with Crippen molar-refractivity contribution in [3.8, 4) is 0 Å². The van der Waals surface area contributed by atoms with E-state index in [1.807, 2.05) is 20.9 Å². The number of nitrogens with zero attached hydrogens (tertiary/aromatic N) is 1. The molecule has 0 aromatic heterocycles. The van der Waals surface area contributed by atoms with E-state index in [9.17, 15) is 14.7 Å². The van der Waals surface area contributed by atoms with E-state index in [0.29, 0.717) is 25.4 Å². The molecular formula is C15H30N2O3. The largest absolute Gasteiger partial charge is 0.481 e. The molecule has 5 heteroatoms. The van der Waals surface area contributed by atoms with Crippen LogP contribution in [0.3, 0.4) is 0 Å². The van der Waals surface area contributed by atoms with Crippen molar-refractivity contribution in [1.82, 2.24) is 10.2 Å². The fourth-order valence-electron chi connectivity index (χ4n) is 2.15. The van der Waals surface area contributed by atoms with Gasteiger partial charge in [0.05, 0.1) is 5.41 Å². The van der Waals surface area contributed by atoms with Crippen LogP contribution in [0.5, 0.6) is 0 Å². The maximum Gasteiger partial charge on any atom is 0.310 e. The zero-order valence-electron chi connectivity index (χ0n) is 13.5. The lowest BCUT2D eigenvalue weighted by Crippen LogP contribution is -2.40. The minimum absolute atomic E-state index is 0.0579. The van der Waals surface area contributed by atoms with E-state index < -0.39 is 11.4 Å². The van der Waals surface area contributed by atoms with Crippen LogP contribution in [0, 0.1) is 5.41 Å². The lowest BCUT2D eigenvalue weighted by atomic mass is 9.79. The Labute approximate surface area is 122 Å². The van der Waals surface area contributed by atoms with Crippen LogP contribution in [0.1, 0.15) is 53.4 Å². The lowest BCUT2D eigenvalue weighted by Gasteiger charge is -2.27. The summed E-state index contributed by atoms with van der Waals surface area (Å²) < 4.78 is 0. The minimum Gasteiger partial charge on any atom is -0.481 e. The van der Waals surface area contributed by atoms with Gasteiger partial charge in [0, 0.05) is 25.6 Å². The van der Waals surface area contributed by atoms with E-state index in [1.165, 1.54) is 0 Å². The van der Waals surface area contributed by atoms with Crippen LogP contribution in [0.2, 0.25) is 0 Å². The Morgan fingerprint density at radius 1 is 1.25 bits per heavy atom. The third-order valence-corrected chi connectivity index (χ3v) is 4.44. The Morgan fingerprint density at radius 3 is 2.20 bits per heavy atom. The fourth-order valence-corrected chi connectivity index (χ4v) is 2.15. The molecule has 0 heterocycles. The number of aliphatic carboxylic acids is 1. The Bertz CT molecular complexity index is 314. The molecule has 2 N–H and O–H groups in total. The predicted octanol–water partition coefficient (Wildman–Crippen LogP) is 2.11. The molecule has 1 unspecified atom stereocenters. The van der Waals surface area contributed by atoms with E-state index in [1.54, 1.807) is 0 Å². The quantitative estimate of drug-likeness (QED) is 0.645. The first-order valence-electron chi connectivity index (χ1n) is 7.53. The molecule has 0 radical (unpaired) electrons. The molecule has 0 spiro atoms. The van der Waals surface area contributed by atoms with Crippen molar-refractivity contribution in [1.29, 1.82) is 0 Å². The van der Waals surface area contributed by atoms with Gasteiger partial charge in [0.2, 0.25) is 5.91 Å². The molecule has 5 nitrogen and oxygen atoms in total. The van der Waals surface area contributed by atoms with Gasteiger partial charge in [-0.05, 0) is 33.2 Å². The van der Waals surface area contributed by atoms with Crippen LogP contribution in [-0.4, -0.2) is 48.1 Å². The number of rotatable bonds is 10. The molecule has 0 aliphatic carbocycles. The van der Waals surface area contributed by atoms with Crippen molar-refractivity contribution in [2.24, 2.45) is 5.41 Å². The molecule has 0 saturated heterocycles. The normalized spacial score (nSPS) is 13.3. The maximum absolute atomic E-state index is 11.9. The van der Waals surface area contributed by atoms with Crippen molar-refractivity contribution in [2.75, 3.05) is 20.1 Å². The smallest absolute Gasteiger partial charge is 0.310 e. The van der Waals surface area contributed by atoms with E-state index in [-0.39, 0.29) is 12.3 Å². The summed E-state index contributed by atoms with van der Waals surface area (Å²) in [6.45, 7) is 9.25. The third kappa shape index (κ3) is 5.49. The van der Waals surface area contributed by atoms with Crippen molar-refractivity contribution in [3.05, 3.63) is 0 Å². The molecule has 118 valence electrons. The summed E-state index contributed by atoms with van der Waals surface area (Å²) in [5.41, 5.74) is -0.924. The van der Waals surface area contributed by atoms with Gasteiger partial charge < -0.3 is 15.3 Å². The summed E-state index contributed by atoms with van der Waals surface area (Å²) in [7, 11) is 2.03. The number of nitrogens with one attached hydrogen (secondary N) is 1. The number of carbonyl (C=O) groups is 2. The second kappa shape index (κ2) is 8.95. The molecule has 0 aliphatic heterocycles. The molecule has 1 amide bonds. The van der Waals surface area contributed by atoms with E-state index in [4.69, 9.17) is 0 Å². The van der Waals surface area contributed by atoms with Crippen LogP contribution in [0.15, 0.2) is 0 Å². The van der Waals surface area contributed by atoms with Gasteiger partial charge in [-0.3, -0.25) is 9.59 Å². The van der Waals surface area contributed by atoms with Gasteiger partial charge in [-0.1, -0.05) is 20.8 Å². The average molecular weight is 286 g/mol. The van der Waals surface area contributed by atoms with E-state index >= 15 is 0 Å². The number of carbonyl (C=O) groups excluding carboxylic acids is 1. The lowest BCUT2D eigenvalue weighted by molar-refractivity contribution is -0.152. The van der Waals surface area contributed by atoms with Gasteiger partial charge in [0.1, 0.15) is 0 Å². The summed E-state index contributed by atoms with van der Waals surface area (Å²) in [6, 6.07) is 0.483. The molecule has 0 rings (SSSR count). The SMILES string of the molecule is CCC(C)N(C)CCNC(=O)CC(CC)(CC)C(=O)O. The number of hydrogen-bond acceptors (Lipinski definition) is 3. The van der Waals surface area contributed by atoms with Gasteiger partial charge >= 0.3 is 5.97 Å². The molecule has 0 aliphatic rings. The highest BCUT2D eigenvalue weighted by Crippen LogP contribution is 2.30. The number of carboxylic acid groups (broad SMARTS) is 1. The van der Waals surface area contributed by atoms with Crippen LogP contribution in [0.25, 0.3) is 0 Å². The zero-order valence-corrected chi connectivity index (χ0v) is 13.5. The molecule has 20 heavy (non-hydrogen) atoms. The summed E-state index contributed by atoms with van der Waals surface area (Å²) in [6.07, 6.45) is 2.07. The first-order chi connectivity index (χ1) is 9.32. The Balaban J connectivity index is 4.26. The highest BCUT2D eigenvalue weighted by molar-refractivity contribution is 5.84. The van der Waals surface area contributed by atoms with Crippen molar-refractivity contribution < 1.29 is 14.7 Å². The molecule has 0 bridgehead atoms. The van der Waals surface area contributed by atoms with Gasteiger partial charge in [-0.25, -0.2) is 0 Å². The topological polar surface area (TPSA) is 69.6 Å². The summed E-state index contributed by atoms with van der Waals surface area (Å²) in [5.74, 6) is -1.05. The fraction of sp³-hybridized carbons (Fsp3) is 0.867. The number of amides is 1.